The maximum atomic E-state index is 12.8. The molecule has 0 aromatic carbocycles. The van der Waals surface area contributed by atoms with Crippen molar-refractivity contribution in [3.05, 3.63) is 24.3 Å². The van der Waals surface area contributed by atoms with Crippen LogP contribution in [-0.2, 0) is 4.79 Å². The maximum Gasteiger partial charge on any atom is 0.155 e. The number of Topliss-reactive ketones (excluding diaryl/α,β-unsaturated/α-hetero) is 1. The van der Waals surface area contributed by atoms with Crippen LogP contribution in [0.3, 0.4) is 0 Å². The monoisotopic (exact) mass is 270 g/mol. The van der Waals surface area contributed by atoms with E-state index >= 15 is 0 Å². The van der Waals surface area contributed by atoms with Crippen molar-refractivity contribution in [2.75, 3.05) is 0 Å². The minimum atomic E-state index is -0.565. The summed E-state index contributed by atoms with van der Waals surface area (Å²) in [5.41, 5.74) is 0.563. The van der Waals surface area contributed by atoms with Gasteiger partial charge in [0, 0.05) is 11.8 Å². The lowest BCUT2D eigenvalue weighted by Gasteiger charge is -2.46. The summed E-state index contributed by atoms with van der Waals surface area (Å²) in [5, 5.41) is 0. The van der Waals surface area contributed by atoms with Gasteiger partial charge < -0.3 is 0 Å². The van der Waals surface area contributed by atoms with Gasteiger partial charge in [0.15, 0.2) is 5.78 Å². The molecule has 0 radical (unpaired) electrons. The highest BCUT2D eigenvalue weighted by molar-refractivity contribution is 5.92. The third-order valence-corrected chi connectivity index (χ3v) is 4.28. The minimum absolute atomic E-state index is 0.0746. The number of rotatable bonds is 0. The van der Waals surface area contributed by atoms with Crippen molar-refractivity contribution < 1.29 is 4.79 Å². The van der Waals surface area contributed by atoms with Crippen molar-refractivity contribution in [2.45, 2.75) is 53.9 Å². The van der Waals surface area contributed by atoms with Crippen molar-refractivity contribution >= 4 is 5.78 Å². The average Bonchev–Trinajstić information content (AvgIpc) is 2.24. The van der Waals surface area contributed by atoms with Crippen LogP contribution in [0, 0.1) is 34.0 Å². The van der Waals surface area contributed by atoms with Crippen LogP contribution >= 0.6 is 0 Å². The van der Waals surface area contributed by atoms with Gasteiger partial charge >= 0.3 is 0 Å². The third-order valence-electron chi connectivity index (χ3n) is 4.28. The fourth-order valence-corrected chi connectivity index (χ4v) is 3.31. The number of carbonyl (C=O) groups is 1. The van der Waals surface area contributed by atoms with Gasteiger partial charge in [-0.25, -0.2) is 0 Å². The maximum absolute atomic E-state index is 12.8. The molecule has 2 aliphatic carbocycles. The number of hydrogen-bond acceptors (Lipinski definition) is 1. The Kier molecular flexibility index (Phi) is 3.49. The van der Waals surface area contributed by atoms with Gasteiger partial charge in [-0.05, 0) is 44.9 Å². The molecule has 0 spiro atoms. The first-order valence-corrected chi connectivity index (χ1v) is 7.49. The van der Waals surface area contributed by atoms with E-state index in [4.69, 9.17) is 0 Å². The molecule has 108 valence electrons. The first-order chi connectivity index (χ1) is 9.04. The van der Waals surface area contributed by atoms with Crippen molar-refractivity contribution in [1.82, 2.24) is 0 Å². The van der Waals surface area contributed by atoms with Gasteiger partial charge in [-0.3, -0.25) is 4.79 Å². The fraction of sp³-hybridized carbons (Fsp3) is 0.632. The van der Waals surface area contributed by atoms with Gasteiger partial charge in [0.1, 0.15) is 5.41 Å². The van der Waals surface area contributed by atoms with Crippen LogP contribution in [-0.4, -0.2) is 5.78 Å². The molecule has 2 unspecified atom stereocenters. The second-order valence-corrected chi connectivity index (χ2v) is 8.23. The Hall–Kier alpha value is -1.29. The first kappa shape index (κ1) is 15.1. The predicted molar refractivity (Wildman–Crippen MR) is 84.1 cm³/mol. The van der Waals surface area contributed by atoms with E-state index in [1.165, 1.54) is 0 Å². The van der Waals surface area contributed by atoms with Crippen molar-refractivity contribution in [3.63, 3.8) is 0 Å². The Morgan fingerprint density at radius 2 is 2.00 bits per heavy atom. The number of allylic oxidation sites excluding steroid dienone is 3. The highest BCUT2D eigenvalue weighted by Gasteiger charge is 2.50. The summed E-state index contributed by atoms with van der Waals surface area (Å²) in [6, 6.07) is 0. The molecule has 2 atom stereocenters. The van der Waals surface area contributed by atoms with Gasteiger partial charge in [-0.2, -0.15) is 0 Å². The molecule has 1 nitrogen and oxygen atoms in total. The number of ketones is 1. The molecule has 1 heteroatoms. The molecule has 0 N–H and O–H groups in total. The average molecular weight is 270 g/mol. The molecule has 0 saturated heterocycles. The summed E-state index contributed by atoms with van der Waals surface area (Å²) in [4.78, 5) is 12.8. The van der Waals surface area contributed by atoms with Gasteiger partial charge in [-0.15, -0.1) is 0 Å². The number of hydrogen-bond donors (Lipinski definition) is 0. The Morgan fingerprint density at radius 1 is 1.35 bits per heavy atom. The standard InChI is InChI=1S/C19H26O/c1-14-7-8-19(10-9-17(2,3)4)15(11-14)12-18(5,6)13-16(19)20/h7-8,15H,1,11-13H2,2-6H3. The lowest BCUT2D eigenvalue weighted by Crippen LogP contribution is -2.46. The van der Waals surface area contributed by atoms with E-state index in [0.717, 1.165) is 18.4 Å². The summed E-state index contributed by atoms with van der Waals surface area (Å²) in [5.74, 6) is 7.23. The topological polar surface area (TPSA) is 17.1 Å². The second kappa shape index (κ2) is 4.62. The Balaban J connectivity index is 2.49. The first-order valence-electron chi connectivity index (χ1n) is 7.49. The normalized spacial score (nSPS) is 32.4. The second-order valence-electron chi connectivity index (χ2n) is 8.23. The van der Waals surface area contributed by atoms with Crippen LogP contribution in [0.4, 0.5) is 0 Å². The van der Waals surface area contributed by atoms with Crippen LogP contribution in [0.15, 0.2) is 24.3 Å². The molecular weight excluding hydrogens is 244 g/mol. The number of fused-ring (bicyclic) bond motifs is 1. The van der Waals surface area contributed by atoms with E-state index in [1.54, 1.807) is 0 Å². The number of carbonyl (C=O) groups excluding carboxylic acids is 1. The predicted octanol–water partition coefficient (Wildman–Crippen LogP) is 4.54. The van der Waals surface area contributed by atoms with E-state index in [0.29, 0.717) is 12.2 Å². The van der Waals surface area contributed by atoms with Crippen molar-refractivity contribution in [1.29, 1.82) is 0 Å². The summed E-state index contributed by atoms with van der Waals surface area (Å²) < 4.78 is 0. The van der Waals surface area contributed by atoms with Crippen molar-refractivity contribution in [3.8, 4) is 11.8 Å². The Morgan fingerprint density at radius 3 is 2.60 bits per heavy atom. The van der Waals surface area contributed by atoms with Crippen LogP contribution < -0.4 is 0 Å². The molecule has 0 heterocycles. The SMILES string of the molecule is C=C1C=CC2(C#CC(C)(C)C)C(=O)CC(C)(C)CC2C1. The van der Waals surface area contributed by atoms with E-state index in [-0.39, 0.29) is 16.7 Å². The van der Waals surface area contributed by atoms with Gasteiger partial charge in [0.25, 0.3) is 0 Å². The Labute approximate surface area is 123 Å². The molecule has 0 bridgehead atoms. The summed E-state index contributed by atoms with van der Waals surface area (Å²) in [7, 11) is 0. The third kappa shape index (κ3) is 2.90. The largest absolute Gasteiger partial charge is 0.298 e. The smallest absolute Gasteiger partial charge is 0.155 e. The van der Waals surface area contributed by atoms with E-state index in [1.807, 2.05) is 12.2 Å². The summed E-state index contributed by atoms with van der Waals surface area (Å²) in [6.45, 7) is 14.7. The summed E-state index contributed by atoms with van der Waals surface area (Å²) in [6.07, 6.45) is 6.59. The van der Waals surface area contributed by atoms with Gasteiger partial charge in [0.05, 0.1) is 0 Å². The lowest BCUT2D eigenvalue weighted by atomic mass is 9.55. The molecular formula is C19H26O. The molecule has 0 aromatic heterocycles. The van der Waals surface area contributed by atoms with E-state index < -0.39 is 5.41 Å². The quantitative estimate of drug-likeness (QED) is 0.590. The molecule has 20 heavy (non-hydrogen) atoms. The zero-order chi connectivity index (χ0) is 15.2. The molecule has 0 aromatic rings. The zero-order valence-electron chi connectivity index (χ0n) is 13.5. The molecule has 2 rings (SSSR count). The lowest BCUT2D eigenvalue weighted by molar-refractivity contribution is -0.132. The molecule has 1 fully saturated rings. The summed E-state index contributed by atoms with van der Waals surface area (Å²) >= 11 is 0. The van der Waals surface area contributed by atoms with E-state index in [2.05, 4.69) is 53.0 Å². The minimum Gasteiger partial charge on any atom is -0.298 e. The molecule has 0 amide bonds. The van der Waals surface area contributed by atoms with Crippen LogP contribution in [0.5, 0.6) is 0 Å². The van der Waals surface area contributed by atoms with Crippen LogP contribution in [0.2, 0.25) is 0 Å². The zero-order valence-corrected chi connectivity index (χ0v) is 13.5. The highest BCUT2D eigenvalue weighted by atomic mass is 16.1. The molecule has 2 aliphatic rings. The van der Waals surface area contributed by atoms with Crippen LogP contribution in [0.1, 0.15) is 53.9 Å². The van der Waals surface area contributed by atoms with Crippen molar-refractivity contribution in [2.24, 2.45) is 22.2 Å². The van der Waals surface area contributed by atoms with Gasteiger partial charge in [0.2, 0.25) is 0 Å². The van der Waals surface area contributed by atoms with Crippen LogP contribution in [0.25, 0.3) is 0 Å². The molecule has 0 aliphatic heterocycles. The highest BCUT2D eigenvalue weighted by Crippen LogP contribution is 2.51. The fourth-order valence-electron chi connectivity index (χ4n) is 3.31. The van der Waals surface area contributed by atoms with Gasteiger partial charge in [-0.1, -0.05) is 50.0 Å². The molecule has 1 saturated carbocycles. The van der Waals surface area contributed by atoms with E-state index in [9.17, 15) is 4.79 Å². The Bertz CT molecular complexity index is 530.